The number of sulfonamides is 1. The van der Waals surface area contributed by atoms with Crippen molar-refractivity contribution in [3.05, 3.63) is 86.3 Å². The molecule has 0 radical (unpaired) electrons. The Kier molecular flexibility index (Phi) is 11.7. The van der Waals surface area contributed by atoms with Gasteiger partial charge in [-0.2, -0.15) is 0 Å². The SMILES string of the molecule is CCC(C)NC(=O)C(C)N(Cc1ccc(Cl)cc1Cl)C(=O)CN(c1ccc(C)cc1)S(=O)(=O)c1ccc(OC)c(Br)c1. The van der Waals surface area contributed by atoms with E-state index in [4.69, 9.17) is 27.9 Å². The molecule has 8 nitrogen and oxygen atoms in total. The van der Waals surface area contributed by atoms with E-state index in [0.29, 0.717) is 37.9 Å². The van der Waals surface area contributed by atoms with Crippen molar-refractivity contribution in [2.45, 2.75) is 57.6 Å². The minimum Gasteiger partial charge on any atom is -0.496 e. The molecule has 2 atom stereocenters. The zero-order valence-corrected chi connectivity index (χ0v) is 27.9. The standard InChI is InChI=1S/C30H34BrCl2N3O5S/c1-6-20(3)34-30(38)21(4)35(17-22-9-10-23(32)15-27(22)33)29(37)18-36(24-11-7-19(2)8-12-24)42(39,40)25-13-14-28(41-5)26(31)16-25/h7-16,20-21H,6,17-18H2,1-5H3,(H,34,38). The Morgan fingerprint density at radius 1 is 1.02 bits per heavy atom. The van der Waals surface area contributed by atoms with Crippen molar-refractivity contribution in [2.24, 2.45) is 0 Å². The number of ether oxygens (including phenoxy) is 1. The van der Waals surface area contributed by atoms with Crippen LogP contribution >= 0.6 is 39.1 Å². The zero-order chi connectivity index (χ0) is 31.2. The number of anilines is 1. The minimum absolute atomic E-state index is 0.0419. The topological polar surface area (TPSA) is 96.0 Å². The molecular formula is C30H34BrCl2N3O5S. The average Bonchev–Trinajstić information content (AvgIpc) is 2.95. The van der Waals surface area contributed by atoms with Crippen LogP contribution in [0, 0.1) is 6.92 Å². The number of benzene rings is 3. The van der Waals surface area contributed by atoms with Gasteiger partial charge in [0.05, 0.1) is 22.2 Å². The molecule has 0 fully saturated rings. The molecule has 3 aromatic rings. The fourth-order valence-electron chi connectivity index (χ4n) is 4.06. The van der Waals surface area contributed by atoms with Crippen molar-refractivity contribution < 1.29 is 22.7 Å². The molecule has 0 aliphatic rings. The predicted octanol–water partition coefficient (Wildman–Crippen LogP) is 6.60. The number of nitrogens with zero attached hydrogens (tertiary/aromatic N) is 2. The summed E-state index contributed by atoms with van der Waals surface area (Å²) < 4.78 is 34.8. The second kappa shape index (κ2) is 14.6. The molecule has 2 unspecified atom stereocenters. The Morgan fingerprint density at radius 2 is 1.69 bits per heavy atom. The summed E-state index contributed by atoms with van der Waals surface area (Å²) in [5.74, 6) is -0.504. The molecule has 1 N–H and O–H groups in total. The molecule has 0 heterocycles. The smallest absolute Gasteiger partial charge is 0.264 e. The van der Waals surface area contributed by atoms with Gasteiger partial charge in [0, 0.05) is 22.6 Å². The van der Waals surface area contributed by atoms with E-state index in [1.807, 2.05) is 20.8 Å². The van der Waals surface area contributed by atoms with Crippen molar-refractivity contribution in [3.8, 4) is 5.75 Å². The second-order valence-electron chi connectivity index (χ2n) is 9.89. The van der Waals surface area contributed by atoms with E-state index < -0.39 is 28.5 Å². The van der Waals surface area contributed by atoms with Gasteiger partial charge in [0.25, 0.3) is 10.0 Å². The Morgan fingerprint density at radius 3 is 2.26 bits per heavy atom. The predicted molar refractivity (Wildman–Crippen MR) is 171 cm³/mol. The maximum absolute atomic E-state index is 14.1. The zero-order valence-electron chi connectivity index (χ0n) is 24.0. The number of hydrogen-bond acceptors (Lipinski definition) is 5. The van der Waals surface area contributed by atoms with Crippen LogP contribution in [0.1, 0.15) is 38.3 Å². The summed E-state index contributed by atoms with van der Waals surface area (Å²) in [7, 11) is -2.76. The van der Waals surface area contributed by atoms with Crippen LogP contribution in [-0.4, -0.2) is 50.9 Å². The molecule has 42 heavy (non-hydrogen) atoms. The van der Waals surface area contributed by atoms with Crippen LogP contribution in [0.4, 0.5) is 5.69 Å². The highest BCUT2D eigenvalue weighted by Gasteiger charge is 2.33. The van der Waals surface area contributed by atoms with Gasteiger partial charge in [-0.25, -0.2) is 8.42 Å². The lowest BCUT2D eigenvalue weighted by Crippen LogP contribution is -2.52. The normalized spacial score (nSPS) is 12.8. The summed E-state index contributed by atoms with van der Waals surface area (Å²) >= 11 is 15.9. The molecule has 0 bridgehead atoms. The van der Waals surface area contributed by atoms with Gasteiger partial charge >= 0.3 is 0 Å². The van der Waals surface area contributed by atoms with Crippen LogP contribution in [0.3, 0.4) is 0 Å². The summed E-state index contributed by atoms with van der Waals surface area (Å²) in [4.78, 5) is 28.5. The first-order valence-electron chi connectivity index (χ1n) is 13.2. The molecule has 3 rings (SSSR count). The lowest BCUT2D eigenvalue weighted by atomic mass is 10.1. The minimum atomic E-state index is -4.24. The van der Waals surface area contributed by atoms with Gasteiger partial charge in [-0.05, 0) is 91.1 Å². The summed E-state index contributed by atoms with van der Waals surface area (Å²) in [6, 6.07) is 15.0. The Bertz CT molecular complexity index is 1540. The first kappa shape index (κ1) is 33.7. The molecule has 226 valence electrons. The fraction of sp³-hybridized carbons (Fsp3) is 0.333. The highest BCUT2D eigenvalue weighted by Crippen LogP contribution is 2.31. The number of amides is 2. The van der Waals surface area contributed by atoms with E-state index in [0.717, 1.165) is 9.87 Å². The van der Waals surface area contributed by atoms with Crippen LogP contribution in [0.5, 0.6) is 5.75 Å². The molecule has 0 spiro atoms. The van der Waals surface area contributed by atoms with Crippen LogP contribution in [0.15, 0.2) is 70.0 Å². The van der Waals surface area contributed by atoms with Gasteiger partial charge < -0.3 is 15.0 Å². The van der Waals surface area contributed by atoms with Gasteiger partial charge in [0.15, 0.2) is 0 Å². The molecule has 3 aromatic carbocycles. The lowest BCUT2D eigenvalue weighted by Gasteiger charge is -2.32. The fourth-order valence-corrected chi connectivity index (χ4v) is 6.66. The van der Waals surface area contributed by atoms with Crippen LogP contribution in [-0.2, 0) is 26.2 Å². The molecule has 0 saturated heterocycles. The van der Waals surface area contributed by atoms with E-state index >= 15 is 0 Å². The number of carbonyl (C=O) groups is 2. The molecule has 2 amide bonds. The lowest BCUT2D eigenvalue weighted by molar-refractivity contribution is -0.139. The van der Waals surface area contributed by atoms with Crippen LogP contribution < -0.4 is 14.4 Å². The molecule has 0 aliphatic carbocycles. The molecular weight excluding hydrogens is 665 g/mol. The third kappa shape index (κ3) is 8.18. The summed E-state index contributed by atoms with van der Waals surface area (Å²) in [5, 5.41) is 3.65. The maximum atomic E-state index is 14.1. The van der Waals surface area contributed by atoms with E-state index in [9.17, 15) is 18.0 Å². The highest BCUT2D eigenvalue weighted by atomic mass is 79.9. The number of methoxy groups -OCH3 is 1. The number of carbonyl (C=O) groups excluding carboxylic acids is 2. The van der Waals surface area contributed by atoms with Crippen LogP contribution in [0.2, 0.25) is 10.0 Å². The Balaban J connectivity index is 2.07. The first-order valence-corrected chi connectivity index (χ1v) is 16.2. The third-order valence-corrected chi connectivity index (χ3v) is 9.81. The van der Waals surface area contributed by atoms with Crippen molar-refractivity contribution >= 4 is 66.7 Å². The van der Waals surface area contributed by atoms with E-state index in [2.05, 4.69) is 21.2 Å². The molecule has 0 aliphatic heterocycles. The average molecular weight is 699 g/mol. The number of rotatable bonds is 12. The molecule has 12 heteroatoms. The number of hydrogen-bond donors (Lipinski definition) is 1. The van der Waals surface area contributed by atoms with Gasteiger partial charge in [-0.1, -0.05) is 53.9 Å². The van der Waals surface area contributed by atoms with Crippen molar-refractivity contribution in [1.29, 1.82) is 0 Å². The van der Waals surface area contributed by atoms with Crippen molar-refractivity contribution in [2.75, 3.05) is 18.0 Å². The number of aryl methyl sites for hydroxylation is 1. The summed E-state index contributed by atoms with van der Waals surface area (Å²) in [6.07, 6.45) is 0.701. The molecule has 0 saturated carbocycles. The van der Waals surface area contributed by atoms with Gasteiger partial charge in [-0.3, -0.25) is 13.9 Å². The Labute approximate surface area is 266 Å². The summed E-state index contributed by atoms with van der Waals surface area (Å²) in [6.45, 7) is 6.68. The molecule has 0 aromatic heterocycles. The van der Waals surface area contributed by atoms with Crippen molar-refractivity contribution in [3.63, 3.8) is 0 Å². The number of halogens is 3. The highest BCUT2D eigenvalue weighted by molar-refractivity contribution is 9.10. The van der Waals surface area contributed by atoms with E-state index in [1.165, 1.54) is 30.2 Å². The first-order chi connectivity index (χ1) is 19.8. The third-order valence-electron chi connectivity index (χ3n) is 6.84. The quantitative estimate of drug-likeness (QED) is 0.230. The largest absolute Gasteiger partial charge is 0.496 e. The van der Waals surface area contributed by atoms with Gasteiger partial charge in [-0.15, -0.1) is 0 Å². The second-order valence-corrected chi connectivity index (χ2v) is 13.5. The van der Waals surface area contributed by atoms with E-state index in [-0.39, 0.29) is 23.4 Å². The van der Waals surface area contributed by atoms with Crippen molar-refractivity contribution in [1.82, 2.24) is 10.2 Å². The van der Waals surface area contributed by atoms with Crippen LogP contribution in [0.25, 0.3) is 0 Å². The van der Waals surface area contributed by atoms with Gasteiger partial charge in [0.1, 0.15) is 18.3 Å². The number of nitrogens with one attached hydrogen (secondary N) is 1. The Hall–Kier alpha value is -2.79. The van der Waals surface area contributed by atoms with Gasteiger partial charge in [0.2, 0.25) is 11.8 Å². The summed E-state index contributed by atoms with van der Waals surface area (Å²) in [5.41, 5.74) is 1.77. The monoisotopic (exact) mass is 697 g/mol. The van der Waals surface area contributed by atoms with E-state index in [1.54, 1.807) is 49.4 Å². The maximum Gasteiger partial charge on any atom is 0.264 e.